The molecule has 1 saturated carbocycles. The van der Waals surface area contributed by atoms with Crippen molar-refractivity contribution in [2.24, 2.45) is 5.92 Å². The van der Waals surface area contributed by atoms with Crippen LogP contribution in [0.15, 0.2) is 16.7 Å². The van der Waals surface area contributed by atoms with Gasteiger partial charge in [-0.25, -0.2) is 9.78 Å². The van der Waals surface area contributed by atoms with Gasteiger partial charge in [-0.15, -0.1) is 0 Å². The van der Waals surface area contributed by atoms with E-state index in [1.165, 1.54) is 6.42 Å². The van der Waals surface area contributed by atoms with Crippen LogP contribution in [-0.2, 0) is 9.53 Å². The van der Waals surface area contributed by atoms with Gasteiger partial charge in [0.05, 0.1) is 11.4 Å². The Bertz CT molecular complexity index is 918. The zero-order valence-electron chi connectivity index (χ0n) is 18.8. The van der Waals surface area contributed by atoms with E-state index in [0.29, 0.717) is 34.2 Å². The van der Waals surface area contributed by atoms with Crippen LogP contribution < -0.4 is 10.6 Å². The van der Waals surface area contributed by atoms with Crippen molar-refractivity contribution in [2.75, 3.05) is 10.6 Å². The fourth-order valence-electron chi connectivity index (χ4n) is 3.89. The van der Waals surface area contributed by atoms with Crippen LogP contribution in [0.1, 0.15) is 70.2 Å². The second kappa shape index (κ2) is 10.4. The molecule has 0 bridgehead atoms. The lowest BCUT2D eigenvalue weighted by Crippen LogP contribution is -2.25. The largest absolute Gasteiger partial charge is 0.446 e. The molecule has 168 valence electrons. The molecule has 0 spiro atoms. The first-order chi connectivity index (χ1) is 14.9. The third-order valence-corrected chi connectivity index (χ3v) is 5.65. The van der Waals surface area contributed by atoms with E-state index in [1.807, 2.05) is 26.8 Å². The predicted octanol–water partition coefficient (Wildman–Crippen LogP) is 5.61. The highest BCUT2D eigenvalue weighted by atomic mass is 16.6. The van der Waals surface area contributed by atoms with Crippen LogP contribution >= 0.6 is 0 Å². The topological polar surface area (TPSA) is 106 Å². The molecule has 0 unspecified atom stereocenters. The Hall–Kier alpha value is -2.90. The van der Waals surface area contributed by atoms with Gasteiger partial charge in [0.2, 0.25) is 11.7 Å². The minimum absolute atomic E-state index is 0.0548. The Morgan fingerprint density at radius 2 is 1.90 bits per heavy atom. The average molecular weight is 429 g/mol. The van der Waals surface area contributed by atoms with Crippen molar-refractivity contribution >= 4 is 23.4 Å². The minimum Gasteiger partial charge on any atom is -0.446 e. The SMILES string of the molecule is CCC[C@H](C)OC(=O)Nc1c(C)noc1-c1ccc(NC(=O)C2CCCCC2)c(C)n1. The lowest BCUT2D eigenvalue weighted by molar-refractivity contribution is -0.120. The summed E-state index contributed by atoms with van der Waals surface area (Å²) < 4.78 is 10.8. The second-order valence-electron chi connectivity index (χ2n) is 8.26. The van der Waals surface area contributed by atoms with Gasteiger partial charge in [0, 0.05) is 5.92 Å². The van der Waals surface area contributed by atoms with Crippen LogP contribution in [0.5, 0.6) is 0 Å². The van der Waals surface area contributed by atoms with E-state index in [-0.39, 0.29) is 17.9 Å². The molecule has 1 aliphatic carbocycles. The molecule has 2 heterocycles. The fourth-order valence-corrected chi connectivity index (χ4v) is 3.89. The maximum Gasteiger partial charge on any atom is 0.412 e. The predicted molar refractivity (Wildman–Crippen MR) is 119 cm³/mol. The van der Waals surface area contributed by atoms with E-state index in [9.17, 15) is 9.59 Å². The summed E-state index contributed by atoms with van der Waals surface area (Å²) in [6, 6.07) is 3.56. The number of aromatic nitrogens is 2. The Labute approximate surface area is 183 Å². The summed E-state index contributed by atoms with van der Waals surface area (Å²) in [7, 11) is 0. The first-order valence-electron chi connectivity index (χ1n) is 11.1. The molecule has 2 N–H and O–H groups in total. The van der Waals surface area contributed by atoms with Gasteiger partial charge in [-0.1, -0.05) is 37.8 Å². The summed E-state index contributed by atoms with van der Waals surface area (Å²) in [5, 5.41) is 9.70. The van der Waals surface area contributed by atoms with Crippen LogP contribution in [0, 0.1) is 19.8 Å². The summed E-state index contributed by atoms with van der Waals surface area (Å²) in [6.07, 6.45) is 6.28. The highest BCUT2D eigenvalue weighted by Gasteiger charge is 2.23. The molecule has 0 aliphatic heterocycles. The Balaban J connectivity index is 1.72. The number of anilines is 2. The number of ether oxygens (including phenoxy) is 1. The number of carbonyl (C=O) groups is 2. The van der Waals surface area contributed by atoms with Gasteiger partial charge in [-0.2, -0.15) is 0 Å². The zero-order chi connectivity index (χ0) is 22.4. The Kier molecular flexibility index (Phi) is 7.65. The van der Waals surface area contributed by atoms with Crippen molar-refractivity contribution < 1.29 is 18.8 Å². The van der Waals surface area contributed by atoms with Gasteiger partial charge in [0.1, 0.15) is 23.2 Å². The molecule has 1 fully saturated rings. The molecule has 2 aromatic heterocycles. The minimum atomic E-state index is -0.554. The van der Waals surface area contributed by atoms with Crippen molar-refractivity contribution in [3.63, 3.8) is 0 Å². The molecule has 0 saturated heterocycles. The quantitative estimate of drug-likeness (QED) is 0.594. The van der Waals surface area contributed by atoms with Gasteiger partial charge in [-0.05, 0) is 52.2 Å². The van der Waals surface area contributed by atoms with Crippen LogP contribution in [-0.4, -0.2) is 28.2 Å². The molecule has 1 atom stereocenters. The average Bonchev–Trinajstić information content (AvgIpc) is 3.10. The first kappa shape index (κ1) is 22.8. The van der Waals surface area contributed by atoms with Crippen LogP contribution in [0.2, 0.25) is 0 Å². The van der Waals surface area contributed by atoms with Gasteiger partial charge in [0.25, 0.3) is 0 Å². The van der Waals surface area contributed by atoms with E-state index in [4.69, 9.17) is 9.26 Å². The van der Waals surface area contributed by atoms with Gasteiger partial charge >= 0.3 is 6.09 Å². The van der Waals surface area contributed by atoms with Crippen molar-refractivity contribution in [3.8, 4) is 11.5 Å². The lowest BCUT2D eigenvalue weighted by Gasteiger charge is -2.21. The molecular weight excluding hydrogens is 396 g/mol. The van der Waals surface area contributed by atoms with Gasteiger partial charge < -0.3 is 14.6 Å². The summed E-state index contributed by atoms with van der Waals surface area (Å²) in [5.74, 6) is 0.478. The van der Waals surface area contributed by atoms with Crippen molar-refractivity contribution in [3.05, 3.63) is 23.5 Å². The summed E-state index contributed by atoms with van der Waals surface area (Å²) in [6.45, 7) is 7.46. The Morgan fingerprint density at radius 3 is 2.58 bits per heavy atom. The van der Waals surface area contributed by atoms with Crippen molar-refractivity contribution in [2.45, 2.75) is 78.7 Å². The first-order valence-corrected chi connectivity index (χ1v) is 11.1. The molecule has 3 rings (SSSR count). The van der Waals surface area contributed by atoms with Crippen LogP contribution in [0.25, 0.3) is 11.5 Å². The highest BCUT2D eigenvalue weighted by molar-refractivity contribution is 5.93. The van der Waals surface area contributed by atoms with Gasteiger partial charge in [-0.3, -0.25) is 10.1 Å². The third kappa shape index (κ3) is 5.83. The van der Waals surface area contributed by atoms with E-state index in [2.05, 4.69) is 20.8 Å². The smallest absolute Gasteiger partial charge is 0.412 e. The maximum absolute atomic E-state index is 12.6. The molecule has 0 radical (unpaired) electrons. The van der Waals surface area contributed by atoms with E-state index < -0.39 is 6.09 Å². The zero-order valence-corrected chi connectivity index (χ0v) is 18.8. The monoisotopic (exact) mass is 428 g/mol. The Morgan fingerprint density at radius 1 is 1.16 bits per heavy atom. The molecule has 1 aliphatic rings. The van der Waals surface area contributed by atoms with Crippen molar-refractivity contribution in [1.82, 2.24) is 10.1 Å². The lowest BCUT2D eigenvalue weighted by atomic mass is 9.88. The van der Waals surface area contributed by atoms with Crippen LogP contribution in [0.3, 0.4) is 0 Å². The number of aryl methyl sites for hydroxylation is 2. The summed E-state index contributed by atoms with van der Waals surface area (Å²) in [4.78, 5) is 29.4. The van der Waals surface area contributed by atoms with Crippen LogP contribution in [0.4, 0.5) is 16.2 Å². The molecule has 2 amide bonds. The molecule has 8 nitrogen and oxygen atoms in total. The third-order valence-electron chi connectivity index (χ3n) is 5.65. The molecule has 0 aromatic carbocycles. The molecular formula is C23H32N4O4. The highest BCUT2D eigenvalue weighted by Crippen LogP contribution is 2.32. The molecule has 2 aromatic rings. The summed E-state index contributed by atoms with van der Waals surface area (Å²) >= 11 is 0. The maximum atomic E-state index is 12.6. The van der Waals surface area contributed by atoms with E-state index in [0.717, 1.165) is 38.5 Å². The number of nitrogens with one attached hydrogen (secondary N) is 2. The molecule has 31 heavy (non-hydrogen) atoms. The molecule has 8 heteroatoms. The van der Waals surface area contributed by atoms with Gasteiger partial charge in [0.15, 0.2) is 0 Å². The number of rotatable bonds is 7. The number of nitrogens with zero attached hydrogens (tertiary/aromatic N) is 2. The number of carbonyl (C=O) groups excluding carboxylic acids is 2. The normalized spacial score (nSPS) is 15.4. The fraction of sp³-hybridized carbons (Fsp3) is 0.565. The van der Waals surface area contributed by atoms with E-state index >= 15 is 0 Å². The number of amides is 2. The number of hydrogen-bond acceptors (Lipinski definition) is 6. The number of pyridine rings is 1. The van der Waals surface area contributed by atoms with Crippen molar-refractivity contribution in [1.29, 1.82) is 0 Å². The summed E-state index contributed by atoms with van der Waals surface area (Å²) in [5.41, 5.74) is 2.83. The number of hydrogen-bond donors (Lipinski definition) is 2. The second-order valence-corrected chi connectivity index (χ2v) is 8.26. The van der Waals surface area contributed by atoms with E-state index in [1.54, 1.807) is 13.0 Å². The standard InChI is InChI=1S/C23H32N4O4/c1-5-9-14(2)30-23(29)26-20-16(4)27-31-21(20)19-13-12-18(15(3)24-19)25-22(28)17-10-7-6-8-11-17/h12-14,17H,5-11H2,1-4H3,(H,25,28)(H,26,29)/t14-/m0/s1.